The lowest BCUT2D eigenvalue weighted by Crippen LogP contribution is -2.40. The van der Waals surface area contributed by atoms with Crippen LogP contribution >= 0.6 is 0 Å². The lowest BCUT2D eigenvalue weighted by Gasteiger charge is -2.46. The van der Waals surface area contributed by atoms with Crippen molar-refractivity contribution in [3.05, 3.63) is 216 Å². The standard InChI is InChI=1S/C50H36N2/c1-49(2)43-21-11-13-23-45(43)50(46-24-14-12-22-44(46)49)41-20-10-9-19-38(41)39-31-37(29-30-42(39)50)40-32-51-48(52-47(40)35-17-7-4-8-18-35)36-27-25-34(26-28-36)33-15-5-3-6-16-33/h3-32H,1-2H3. The van der Waals surface area contributed by atoms with Crippen LogP contribution in [0, 0.1) is 0 Å². The van der Waals surface area contributed by atoms with E-state index in [0.717, 1.165) is 27.9 Å². The predicted molar refractivity (Wildman–Crippen MR) is 213 cm³/mol. The van der Waals surface area contributed by atoms with E-state index in [2.05, 4.69) is 184 Å². The molecule has 52 heavy (non-hydrogen) atoms. The molecule has 0 saturated heterocycles. The highest BCUT2D eigenvalue weighted by Gasteiger charge is 2.53. The lowest BCUT2D eigenvalue weighted by atomic mass is 9.55. The molecule has 246 valence electrons. The van der Waals surface area contributed by atoms with Crippen LogP contribution in [0.2, 0.25) is 0 Å². The molecule has 1 aromatic heterocycles. The molecule has 0 atom stereocenters. The van der Waals surface area contributed by atoms with Crippen molar-refractivity contribution in [2.75, 3.05) is 0 Å². The first-order valence-corrected chi connectivity index (χ1v) is 18.1. The van der Waals surface area contributed by atoms with Crippen molar-refractivity contribution in [3.63, 3.8) is 0 Å². The van der Waals surface area contributed by atoms with E-state index in [4.69, 9.17) is 9.97 Å². The van der Waals surface area contributed by atoms with Crippen molar-refractivity contribution in [1.82, 2.24) is 9.97 Å². The molecule has 2 nitrogen and oxygen atoms in total. The summed E-state index contributed by atoms with van der Waals surface area (Å²) >= 11 is 0. The summed E-state index contributed by atoms with van der Waals surface area (Å²) in [6, 6.07) is 63.8. The molecule has 0 amide bonds. The van der Waals surface area contributed by atoms with E-state index in [9.17, 15) is 0 Å². The molecule has 0 radical (unpaired) electrons. The van der Waals surface area contributed by atoms with Crippen LogP contribution in [0.4, 0.5) is 0 Å². The second-order valence-electron chi connectivity index (χ2n) is 14.5. The third-order valence-electron chi connectivity index (χ3n) is 11.5. The van der Waals surface area contributed by atoms with Gasteiger partial charge in [0.05, 0.1) is 11.1 Å². The van der Waals surface area contributed by atoms with Crippen LogP contribution in [0.3, 0.4) is 0 Å². The highest BCUT2D eigenvalue weighted by molar-refractivity contribution is 5.92. The van der Waals surface area contributed by atoms with E-state index in [1.807, 2.05) is 12.3 Å². The smallest absolute Gasteiger partial charge is 0.159 e. The van der Waals surface area contributed by atoms with Gasteiger partial charge in [-0.1, -0.05) is 184 Å². The first-order valence-electron chi connectivity index (χ1n) is 18.1. The van der Waals surface area contributed by atoms with Crippen LogP contribution in [0.1, 0.15) is 47.2 Å². The summed E-state index contributed by atoms with van der Waals surface area (Å²) in [4.78, 5) is 10.3. The van der Waals surface area contributed by atoms with Gasteiger partial charge in [0.1, 0.15) is 0 Å². The summed E-state index contributed by atoms with van der Waals surface area (Å²) in [6.07, 6.45) is 2.02. The molecule has 7 aromatic carbocycles. The molecule has 0 unspecified atom stereocenters. The summed E-state index contributed by atoms with van der Waals surface area (Å²) in [5, 5.41) is 0. The number of hydrogen-bond acceptors (Lipinski definition) is 2. The summed E-state index contributed by atoms with van der Waals surface area (Å²) in [5.41, 5.74) is 17.6. The van der Waals surface area contributed by atoms with Crippen molar-refractivity contribution in [2.24, 2.45) is 0 Å². The Bertz CT molecular complexity index is 2590. The normalized spacial score (nSPS) is 14.3. The van der Waals surface area contributed by atoms with Crippen molar-refractivity contribution >= 4 is 0 Å². The summed E-state index contributed by atoms with van der Waals surface area (Å²) in [6.45, 7) is 4.74. The fourth-order valence-corrected chi connectivity index (χ4v) is 9.02. The van der Waals surface area contributed by atoms with Gasteiger partial charge in [0.15, 0.2) is 5.82 Å². The first kappa shape index (κ1) is 30.4. The lowest BCUT2D eigenvalue weighted by molar-refractivity contribution is 0.563. The van der Waals surface area contributed by atoms with E-state index in [1.54, 1.807) is 0 Å². The molecule has 0 saturated carbocycles. The van der Waals surface area contributed by atoms with E-state index < -0.39 is 5.41 Å². The van der Waals surface area contributed by atoms with Crippen LogP contribution in [0.15, 0.2) is 182 Å². The third-order valence-corrected chi connectivity index (χ3v) is 11.5. The SMILES string of the molecule is CC1(C)c2ccccc2C2(c3ccccc3-c3cc(-c4cnc(-c5ccc(-c6ccccc6)cc5)nc4-c4ccccc4)ccc32)c2ccccc21. The largest absolute Gasteiger partial charge is 0.236 e. The Kier molecular flexibility index (Phi) is 6.78. The Morgan fingerprint density at radius 2 is 0.846 bits per heavy atom. The third kappa shape index (κ3) is 4.37. The number of aromatic nitrogens is 2. The van der Waals surface area contributed by atoms with Gasteiger partial charge in [0.2, 0.25) is 0 Å². The predicted octanol–water partition coefficient (Wildman–Crippen LogP) is 12.1. The first-order chi connectivity index (χ1) is 25.5. The molecule has 2 heteroatoms. The van der Waals surface area contributed by atoms with Crippen LogP contribution in [0.5, 0.6) is 0 Å². The molecule has 1 heterocycles. The van der Waals surface area contributed by atoms with E-state index >= 15 is 0 Å². The minimum absolute atomic E-state index is 0.123. The van der Waals surface area contributed by atoms with Gasteiger partial charge >= 0.3 is 0 Å². The number of hydrogen-bond donors (Lipinski definition) is 0. The van der Waals surface area contributed by atoms with Gasteiger partial charge < -0.3 is 0 Å². The van der Waals surface area contributed by atoms with E-state index in [-0.39, 0.29) is 5.41 Å². The number of fused-ring (bicyclic) bond motifs is 9. The minimum atomic E-state index is -0.415. The molecular formula is C50H36N2. The molecule has 2 aliphatic rings. The Morgan fingerprint density at radius 1 is 0.365 bits per heavy atom. The molecule has 1 spiro atoms. The monoisotopic (exact) mass is 664 g/mol. The van der Waals surface area contributed by atoms with Gasteiger partial charge in [-0.15, -0.1) is 0 Å². The van der Waals surface area contributed by atoms with Gasteiger partial charge in [-0.25, -0.2) is 9.97 Å². The quantitative estimate of drug-likeness (QED) is 0.187. The van der Waals surface area contributed by atoms with E-state index in [0.29, 0.717) is 5.82 Å². The Labute approximate surface area is 305 Å². The van der Waals surface area contributed by atoms with Crippen LogP contribution in [-0.4, -0.2) is 9.97 Å². The van der Waals surface area contributed by atoms with Crippen molar-refractivity contribution in [2.45, 2.75) is 24.7 Å². The van der Waals surface area contributed by atoms with E-state index in [1.165, 1.54) is 55.6 Å². The Hall–Kier alpha value is -6.38. The second-order valence-corrected chi connectivity index (χ2v) is 14.5. The Balaban J connectivity index is 1.16. The molecule has 0 bridgehead atoms. The molecule has 0 fully saturated rings. The fraction of sp³-hybridized carbons (Fsp3) is 0.0800. The topological polar surface area (TPSA) is 25.8 Å². The number of rotatable bonds is 4. The Morgan fingerprint density at radius 3 is 1.50 bits per heavy atom. The molecule has 8 aromatic rings. The zero-order valence-corrected chi connectivity index (χ0v) is 29.2. The maximum atomic E-state index is 5.28. The molecule has 2 aliphatic carbocycles. The summed E-state index contributed by atoms with van der Waals surface area (Å²) in [7, 11) is 0. The zero-order chi connectivity index (χ0) is 34.9. The van der Waals surface area contributed by atoms with Gasteiger partial charge in [-0.05, 0) is 67.3 Å². The molecular weight excluding hydrogens is 629 g/mol. The van der Waals surface area contributed by atoms with Crippen LogP contribution in [-0.2, 0) is 10.8 Å². The van der Waals surface area contributed by atoms with Gasteiger partial charge in [0.25, 0.3) is 0 Å². The van der Waals surface area contributed by atoms with Gasteiger partial charge in [-0.2, -0.15) is 0 Å². The highest BCUT2D eigenvalue weighted by atomic mass is 14.9. The van der Waals surface area contributed by atoms with Crippen molar-refractivity contribution < 1.29 is 0 Å². The maximum Gasteiger partial charge on any atom is 0.159 e. The average Bonchev–Trinajstić information content (AvgIpc) is 3.51. The van der Waals surface area contributed by atoms with Gasteiger partial charge in [-0.3, -0.25) is 0 Å². The van der Waals surface area contributed by atoms with Crippen molar-refractivity contribution in [3.8, 4) is 56.0 Å². The average molecular weight is 665 g/mol. The maximum absolute atomic E-state index is 5.28. The molecule has 0 N–H and O–H groups in total. The van der Waals surface area contributed by atoms with Crippen molar-refractivity contribution in [1.29, 1.82) is 0 Å². The number of nitrogens with zero attached hydrogens (tertiary/aromatic N) is 2. The zero-order valence-electron chi connectivity index (χ0n) is 29.2. The molecule has 10 rings (SSSR count). The summed E-state index contributed by atoms with van der Waals surface area (Å²) < 4.78 is 0. The van der Waals surface area contributed by atoms with Gasteiger partial charge in [0, 0.05) is 28.3 Å². The highest BCUT2D eigenvalue weighted by Crippen LogP contribution is 2.62. The van der Waals surface area contributed by atoms with Crippen LogP contribution in [0.25, 0.3) is 56.0 Å². The van der Waals surface area contributed by atoms with Crippen LogP contribution < -0.4 is 0 Å². The molecule has 0 aliphatic heterocycles. The fourth-order valence-electron chi connectivity index (χ4n) is 9.02. The minimum Gasteiger partial charge on any atom is -0.236 e. The second kappa shape index (κ2) is 11.6. The summed E-state index contributed by atoms with van der Waals surface area (Å²) in [5.74, 6) is 0.714. The number of benzene rings is 7.